The van der Waals surface area contributed by atoms with Crippen molar-refractivity contribution in [2.45, 2.75) is 98.1 Å². The largest absolute Gasteiger partial charge is 0.415 e. The molecule has 0 aromatic heterocycles. The summed E-state index contributed by atoms with van der Waals surface area (Å²) in [5.41, 5.74) is -0.233. The second-order valence-electron chi connectivity index (χ2n) is 10.5. The number of hydrogen-bond donors (Lipinski definition) is 1. The van der Waals surface area contributed by atoms with Crippen molar-refractivity contribution >= 4 is 5.91 Å². The zero-order valence-electron chi connectivity index (χ0n) is 19.0. The van der Waals surface area contributed by atoms with E-state index in [1.54, 1.807) is 4.90 Å². The van der Waals surface area contributed by atoms with Crippen molar-refractivity contribution in [3.8, 4) is 0 Å². The van der Waals surface area contributed by atoms with Crippen molar-refractivity contribution in [2.24, 2.45) is 23.2 Å². The summed E-state index contributed by atoms with van der Waals surface area (Å²) in [6.07, 6.45) is -4.99. The van der Waals surface area contributed by atoms with Crippen molar-refractivity contribution in [2.75, 3.05) is 13.1 Å². The summed E-state index contributed by atoms with van der Waals surface area (Å²) in [7, 11) is 0. The molecule has 0 spiro atoms. The summed E-state index contributed by atoms with van der Waals surface area (Å²) in [4.78, 5) is 16.5. The van der Waals surface area contributed by atoms with Gasteiger partial charge in [0.15, 0.2) is 6.10 Å². The van der Waals surface area contributed by atoms with Crippen LogP contribution in [-0.2, 0) is 4.79 Å². The van der Waals surface area contributed by atoms with Gasteiger partial charge in [0, 0.05) is 37.1 Å². The Morgan fingerprint density at radius 1 is 1.14 bits per heavy atom. The lowest BCUT2D eigenvalue weighted by molar-refractivity contribution is -0.220. The highest BCUT2D eigenvalue weighted by Crippen LogP contribution is 2.44. The number of rotatable bonds is 7. The van der Waals surface area contributed by atoms with Crippen molar-refractivity contribution in [1.29, 1.82) is 0 Å². The molecule has 2 saturated heterocycles. The Morgan fingerprint density at radius 2 is 1.72 bits per heavy atom. The third kappa shape index (κ3) is 5.27. The van der Waals surface area contributed by atoms with Gasteiger partial charge < -0.3 is 10.0 Å². The van der Waals surface area contributed by atoms with E-state index in [9.17, 15) is 23.1 Å². The molecule has 0 aromatic carbocycles. The highest BCUT2D eigenvalue weighted by molar-refractivity contribution is 5.81. The van der Waals surface area contributed by atoms with Crippen molar-refractivity contribution in [1.82, 2.24) is 9.80 Å². The van der Waals surface area contributed by atoms with Gasteiger partial charge in [0.25, 0.3) is 0 Å². The van der Waals surface area contributed by atoms with Crippen LogP contribution in [0.25, 0.3) is 0 Å². The molecular formula is C22H39F3N2O2. The molecule has 2 heterocycles. The van der Waals surface area contributed by atoms with E-state index in [1.165, 1.54) is 0 Å². The molecule has 0 bridgehead atoms. The molecule has 2 aliphatic heterocycles. The van der Waals surface area contributed by atoms with Gasteiger partial charge in [-0.25, -0.2) is 0 Å². The lowest BCUT2D eigenvalue weighted by Crippen LogP contribution is -2.49. The Morgan fingerprint density at radius 3 is 2.17 bits per heavy atom. The third-order valence-corrected chi connectivity index (χ3v) is 7.29. The molecule has 2 fully saturated rings. The monoisotopic (exact) mass is 420 g/mol. The van der Waals surface area contributed by atoms with Gasteiger partial charge in [-0.3, -0.25) is 9.69 Å². The van der Waals surface area contributed by atoms with Crippen LogP contribution in [-0.4, -0.2) is 64.3 Å². The SMILES string of the molecule is CC(C)C1CCN(C(C)CC(C)(C)C2CC(C(O)C(F)(F)F)N(C(C)C)C2)C1=O. The number of nitrogens with zero attached hydrogens (tertiary/aromatic N) is 2. The Kier molecular flexibility index (Phi) is 7.36. The smallest absolute Gasteiger partial charge is 0.382 e. The third-order valence-electron chi connectivity index (χ3n) is 7.29. The van der Waals surface area contributed by atoms with Gasteiger partial charge in [-0.1, -0.05) is 27.7 Å². The number of alkyl halides is 3. The lowest BCUT2D eigenvalue weighted by Gasteiger charge is -2.37. The molecule has 29 heavy (non-hydrogen) atoms. The number of carbonyl (C=O) groups excluding carboxylic acids is 1. The van der Waals surface area contributed by atoms with Gasteiger partial charge in [0.1, 0.15) is 0 Å². The van der Waals surface area contributed by atoms with Crippen LogP contribution in [0, 0.1) is 23.2 Å². The minimum atomic E-state index is -4.61. The normalized spacial score (nSPS) is 29.3. The summed E-state index contributed by atoms with van der Waals surface area (Å²) >= 11 is 0. The first-order chi connectivity index (χ1) is 13.2. The van der Waals surface area contributed by atoms with Gasteiger partial charge in [0.2, 0.25) is 5.91 Å². The van der Waals surface area contributed by atoms with Crippen molar-refractivity contribution < 1.29 is 23.1 Å². The first-order valence-corrected chi connectivity index (χ1v) is 11.0. The maximum Gasteiger partial charge on any atom is 0.415 e. The second-order valence-corrected chi connectivity index (χ2v) is 10.5. The van der Waals surface area contributed by atoms with E-state index >= 15 is 0 Å². The van der Waals surface area contributed by atoms with E-state index in [-0.39, 0.29) is 35.2 Å². The number of likely N-dealkylation sites (tertiary alicyclic amines) is 2. The van der Waals surface area contributed by atoms with E-state index in [0.29, 0.717) is 18.9 Å². The molecule has 1 N–H and O–H groups in total. The fourth-order valence-corrected chi connectivity index (χ4v) is 5.40. The molecule has 170 valence electrons. The molecule has 0 radical (unpaired) electrons. The minimum absolute atomic E-state index is 0.0351. The minimum Gasteiger partial charge on any atom is -0.382 e. The van der Waals surface area contributed by atoms with Crippen molar-refractivity contribution in [3.05, 3.63) is 0 Å². The lowest BCUT2D eigenvalue weighted by atomic mass is 9.73. The van der Waals surface area contributed by atoms with Crippen LogP contribution in [0.15, 0.2) is 0 Å². The number of aliphatic hydroxyl groups is 1. The molecule has 5 unspecified atom stereocenters. The van der Waals surface area contributed by atoms with Crippen LogP contribution in [0.4, 0.5) is 13.2 Å². The van der Waals surface area contributed by atoms with E-state index < -0.39 is 18.3 Å². The molecule has 7 heteroatoms. The fraction of sp³-hybridized carbons (Fsp3) is 0.955. The van der Waals surface area contributed by atoms with Crippen LogP contribution < -0.4 is 0 Å². The van der Waals surface area contributed by atoms with E-state index in [1.807, 2.05) is 18.7 Å². The average molecular weight is 421 g/mol. The number of aliphatic hydroxyl groups excluding tert-OH is 1. The van der Waals surface area contributed by atoms with Crippen molar-refractivity contribution in [3.63, 3.8) is 0 Å². The summed E-state index contributed by atoms with van der Waals surface area (Å²) in [6.45, 7) is 15.4. The highest BCUT2D eigenvalue weighted by atomic mass is 19.4. The molecule has 2 aliphatic rings. The summed E-state index contributed by atoms with van der Waals surface area (Å²) in [6, 6.07) is -0.921. The van der Waals surface area contributed by atoms with Gasteiger partial charge in [-0.2, -0.15) is 13.2 Å². The van der Waals surface area contributed by atoms with E-state index in [0.717, 1.165) is 19.4 Å². The molecule has 0 saturated carbocycles. The molecule has 5 atom stereocenters. The summed E-state index contributed by atoms with van der Waals surface area (Å²) in [5.74, 6) is 0.651. The molecule has 0 aliphatic carbocycles. The van der Waals surface area contributed by atoms with Crippen LogP contribution in [0.1, 0.15) is 67.7 Å². The Hall–Kier alpha value is -0.820. The van der Waals surface area contributed by atoms with Gasteiger partial charge in [-0.15, -0.1) is 0 Å². The first kappa shape index (κ1) is 24.4. The number of amides is 1. The van der Waals surface area contributed by atoms with Crippen LogP contribution in [0.5, 0.6) is 0 Å². The van der Waals surface area contributed by atoms with Gasteiger partial charge >= 0.3 is 6.18 Å². The Balaban J connectivity index is 2.09. The molecule has 0 aromatic rings. The topological polar surface area (TPSA) is 43.8 Å². The quantitative estimate of drug-likeness (QED) is 0.667. The molecule has 2 rings (SSSR count). The average Bonchev–Trinajstić information content (AvgIpc) is 3.17. The first-order valence-electron chi connectivity index (χ1n) is 11.0. The Bertz CT molecular complexity index is 577. The predicted octanol–water partition coefficient (Wildman–Crippen LogP) is 4.32. The molecular weight excluding hydrogens is 381 g/mol. The fourth-order valence-electron chi connectivity index (χ4n) is 5.40. The number of carbonyl (C=O) groups is 1. The molecule has 1 amide bonds. The van der Waals surface area contributed by atoms with Crippen LogP contribution >= 0.6 is 0 Å². The van der Waals surface area contributed by atoms with E-state index in [2.05, 4.69) is 34.6 Å². The van der Waals surface area contributed by atoms with Crippen LogP contribution in [0.3, 0.4) is 0 Å². The van der Waals surface area contributed by atoms with Gasteiger partial charge in [-0.05, 0) is 57.3 Å². The maximum absolute atomic E-state index is 13.2. The summed E-state index contributed by atoms with van der Waals surface area (Å²) in [5, 5.41) is 9.94. The van der Waals surface area contributed by atoms with Crippen LogP contribution in [0.2, 0.25) is 0 Å². The second kappa shape index (κ2) is 8.74. The zero-order chi connectivity index (χ0) is 22.3. The standard InChI is InChI=1S/C22H39F3N2O2/c1-13(2)17-8-9-26(20(17)29)15(5)11-21(6,7)16-10-18(19(28)22(23,24)25)27(12-16)14(3)4/h13-19,28H,8-12H2,1-7H3. The van der Waals surface area contributed by atoms with Gasteiger partial charge in [0.05, 0.1) is 0 Å². The maximum atomic E-state index is 13.2. The summed E-state index contributed by atoms with van der Waals surface area (Å²) < 4.78 is 39.6. The Labute approximate surface area is 173 Å². The highest BCUT2D eigenvalue weighted by Gasteiger charge is 2.52. The predicted molar refractivity (Wildman–Crippen MR) is 108 cm³/mol. The number of hydrogen-bond acceptors (Lipinski definition) is 3. The molecule has 4 nitrogen and oxygen atoms in total. The van der Waals surface area contributed by atoms with E-state index in [4.69, 9.17) is 0 Å². The zero-order valence-corrected chi connectivity index (χ0v) is 19.0. The number of halogens is 3.